The number of rotatable bonds is 2. The van der Waals surface area contributed by atoms with E-state index in [0.29, 0.717) is 6.54 Å². The van der Waals surface area contributed by atoms with E-state index in [2.05, 4.69) is 4.98 Å². The third kappa shape index (κ3) is 1.96. The number of aromatic nitrogens is 1. The molecule has 18 heavy (non-hydrogen) atoms. The van der Waals surface area contributed by atoms with Crippen molar-refractivity contribution in [2.75, 3.05) is 6.54 Å². The summed E-state index contributed by atoms with van der Waals surface area (Å²) in [4.78, 5) is 4.02. The van der Waals surface area contributed by atoms with Gasteiger partial charge in [-0.25, -0.2) is 0 Å². The van der Waals surface area contributed by atoms with Gasteiger partial charge < -0.3 is 10.5 Å². The third-order valence-electron chi connectivity index (χ3n) is 3.12. The predicted octanol–water partition coefficient (Wildman–Crippen LogP) is 2.66. The minimum atomic E-state index is 0.0547. The molecule has 1 aliphatic heterocycles. The molecule has 2 N–H and O–H groups in total. The summed E-state index contributed by atoms with van der Waals surface area (Å²) in [5, 5.41) is 0.724. The minimum Gasteiger partial charge on any atom is -0.488 e. The van der Waals surface area contributed by atoms with E-state index in [4.69, 9.17) is 22.1 Å². The van der Waals surface area contributed by atoms with Crippen LogP contribution in [0.5, 0.6) is 5.75 Å². The number of hydrogen-bond donors (Lipinski definition) is 1. The molecule has 0 spiro atoms. The molecule has 0 saturated heterocycles. The molecule has 4 heteroatoms. The van der Waals surface area contributed by atoms with E-state index in [1.807, 2.05) is 24.3 Å². The van der Waals surface area contributed by atoms with Crippen molar-refractivity contribution in [1.29, 1.82) is 0 Å². The molecule has 0 fully saturated rings. The molecule has 3 rings (SSSR count). The quantitative estimate of drug-likeness (QED) is 0.903. The first-order valence-electron chi connectivity index (χ1n) is 5.87. The van der Waals surface area contributed by atoms with Crippen molar-refractivity contribution in [1.82, 2.24) is 4.98 Å². The monoisotopic (exact) mass is 260 g/mol. The lowest BCUT2D eigenvalue weighted by Gasteiger charge is -2.11. The summed E-state index contributed by atoms with van der Waals surface area (Å²) < 4.78 is 5.89. The average molecular weight is 261 g/mol. The number of fused-ring (bicyclic) bond motifs is 1. The summed E-state index contributed by atoms with van der Waals surface area (Å²) in [5.41, 5.74) is 8.87. The summed E-state index contributed by atoms with van der Waals surface area (Å²) in [6, 6.07) is 7.78. The largest absolute Gasteiger partial charge is 0.488 e. The summed E-state index contributed by atoms with van der Waals surface area (Å²) in [5.74, 6) is 0.904. The topological polar surface area (TPSA) is 48.1 Å². The Morgan fingerprint density at radius 3 is 2.83 bits per heavy atom. The molecule has 0 amide bonds. The Hall–Kier alpha value is -1.58. The van der Waals surface area contributed by atoms with Gasteiger partial charge in [-0.1, -0.05) is 11.6 Å². The van der Waals surface area contributed by atoms with Gasteiger partial charge in [0.1, 0.15) is 11.9 Å². The lowest BCUT2D eigenvalue weighted by Crippen LogP contribution is -2.24. The molecule has 2 heterocycles. The number of nitrogens with zero attached hydrogens (tertiary/aromatic N) is 1. The summed E-state index contributed by atoms with van der Waals surface area (Å²) in [6.07, 6.45) is 4.40. The van der Waals surface area contributed by atoms with Crippen LogP contribution in [-0.4, -0.2) is 17.6 Å². The van der Waals surface area contributed by atoms with Gasteiger partial charge in [-0.3, -0.25) is 4.98 Å². The predicted molar refractivity (Wildman–Crippen MR) is 71.9 cm³/mol. The Labute approximate surface area is 111 Å². The van der Waals surface area contributed by atoms with Gasteiger partial charge in [-0.2, -0.15) is 0 Å². The summed E-state index contributed by atoms with van der Waals surface area (Å²) >= 11 is 6.17. The zero-order valence-corrected chi connectivity index (χ0v) is 10.5. The first kappa shape index (κ1) is 11.5. The highest BCUT2D eigenvalue weighted by atomic mass is 35.5. The van der Waals surface area contributed by atoms with E-state index in [9.17, 15) is 0 Å². The molecule has 0 saturated carbocycles. The van der Waals surface area contributed by atoms with Crippen LogP contribution in [-0.2, 0) is 6.42 Å². The van der Waals surface area contributed by atoms with Crippen molar-refractivity contribution in [3.63, 3.8) is 0 Å². The van der Waals surface area contributed by atoms with Crippen molar-refractivity contribution in [3.05, 3.63) is 47.2 Å². The molecule has 3 nitrogen and oxygen atoms in total. The molecule has 92 valence electrons. The first-order chi connectivity index (χ1) is 8.78. The van der Waals surface area contributed by atoms with Gasteiger partial charge in [-0.05, 0) is 35.4 Å². The number of nitrogens with two attached hydrogens (primary N) is 1. The van der Waals surface area contributed by atoms with Gasteiger partial charge in [0.2, 0.25) is 0 Å². The van der Waals surface area contributed by atoms with E-state index >= 15 is 0 Å². The van der Waals surface area contributed by atoms with Crippen LogP contribution in [0.1, 0.15) is 5.56 Å². The molecule has 0 bridgehead atoms. The SMILES string of the molecule is NCC1Cc2cc(Cl)cc(-c3ccncc3)c2O1. The fourth-order valence-electron chi connectivity index (χ4n) is 2.27. The van der Waals surface area contributed by atoms with Gasteiger partial charge in [0.05, 0.1) is 0 Å². The van der Waals surface area contributed by atoms with Crippen molar-refractivity contribution in [2.45, 2.75) is 12.5 Å². The van der Waals surface area contributed by atoms with Crippen LogP contribution >= 0.6 is 11.6 Å². The Bertz CT molecular complexity index is 572. The van der Waals surface area contributed by atoms with E-state index in [-0.39, 0.29) is 6.10 Å². The van der Waals surface area contributed by atoms with Crippen LogP contribution < -0.4 is 10.5 Å². The third-order valence-corrected chi connectivity index (χ3v) is 3.34. The number of pyridine rings is 1. The molecule has 1 aliphatic rings. The van der Waals surface area contributed by atoms with E-state index in [1.165, 1.54) is 0 Å². The highest BCUT2D eigenvalue weighted by Crippen LogP contribution is 2.40. The standard InChI is InChI=1S/C14H13ClN2O/c15-11-5-10-6-12(8-16)18-14(10)13(7-11)9-1-3-17-4-2-9/h1-5,7,12H,6,8,16H2. The van der Waals surface area contributed by atoms with Crippen molar-refractivity contribution in [2.24, 2.45) is 5.73 Å². The van der Waals surface area contributed by atoms with E-state index in [1.54, 1.807) is 12.4 Å². The van der Waals surface area contributed by atoms with Crippen LogP contribution in [0, 0.1) is 0 Å². The minimum absolute atomic E-state index is 0.0547. The first-order valence-corrected chi connectivity index (χ1v) is 6.25. The maximum Gasteiger partial charge on any atom is 0.131 e. The van der Waals surface area contributed by atoms with Gasteiger partial charge in [0, 0.05) is 35.9 Å². The normalized spacial score (nSPS) is 17.3. The second-order valence-corrected chi connectivity index (χ2v) is 4.79. The molecule has 0 radical (unpaired) electrons. The zero-order chi connectivity index (χ0) is 12.5. The second-order valence-electron chi connectivity index (χ2n) is 4.36. The fraction of sp³-hybridized carbons (Fsp3) is 0.214. The molecule has 0 aliphatic carbocycles. The molecule has 1 unspecified atom stereocenters. The van der Waals surface area contributed by atoms with Crippen molar-refractivity contribution >= 4 is 11.6 Å². The van der Waals surface area contributed by atoms with Crippen LogP contribution in [0.15, 0.2) is 36.7 Å². The molecular weight excluding hydrogens is 248 g/mol. The second kappa shape index (κ2) is 4.59. The fourth-order valence-corrected chi connectivity index (χ4v) is 2.51. The number of halogens is 1. The van der Waals surface area contributed by atoms with Gasteiger partial charge in [-0.15, -0.1) is 0 Å². The van der Waals surface area contributed by atoms with Gasteiger partial charge in [0.15, 0.2) is 0 Å². The van der Waals surface area contributed by atoms with Crippen molar-refractivity contribution < 1.29 is 4.74 Å². The number of ether oxygens (including phenoxy) is 1. The molecular formula is C14H13ClN2O. The van der Waals surface area contributed by atoms with E-state index in [0.717, 1.165) is 33.9 Å². The van der Waals surface area contributed by atoms with Crippen molar-refractivity contribution in [3.8, 4) is 16.9 Å². The van der Waals surface area contributed by atoms with Crippen LogP contribution in [0.2, 0.25) is 5.02 Å². The van der Waals surface area contributed by atoms with Crippen LogP contribution in [0.3, 0.4) is 0 Å². The van der Waals surface area contributed by atoms with E-state index < -0.39 is 0 Å². The highest BCUT2D eigenvalue weighted by Gasteiger charge is 2.25. The Morgan fingerprint density at radius 1 is 1.33 bits per heavy atom. The Morgan fingerprint density at radius 2 is 2.11 bits per heavy atom. The lowest BCUT2D eigenvalue weighted by atomic mass is 10.0. The highest BCUT2D eigenvalue weighted by molar-refractivity contribution is 6.31. The summed E-state index contributed by atoms with van der Waals surface area (Å²) in [6.45, 7) is 0.516. The number of hydrogen-bond acceptors (Lipinski definition) is 3. The number of benzene rings is 1. The molecule has 2 aromatic rings. The molecule has 1 aromatic heterocycles. The maximum absolute atomic E-state index is 6.17. The van der Waals surface area contributed by atoms with Gasteiger partial charge in [0.25, 0.3) is 0 Å². The smallest absolute Gasteiger partial charge is 0.131 e. The van der Waals surface area contributed by atoms with Crippen LogP contribution in [0.25, 0.3) is 11.1 Å². The average Bonchev–Trinajstić information content (AvgIpc) is 2.81. The van der Waals surface area contributed by atoms with Gasteiger partial charge >= 0.3 is 0 Å². The zero-order valence-electron chi connectivity index (χ0n) is 9.77. The lowest BCUT2D eigenvalue weighted by molar-refractivity contribution is 0.242. The Balaban J connectivity index is 2.12. The molecule has 1 atom stereocenters. The van der Waals surface area contributed by atoms with Crippen LogP contribution in [0.4, 0.5) is 0 Å². The summed E-state index contributed by atoms with van der Waals surface area (Å²) in [7, 11) is 0. The molecule has 1 aromatic carbocycles. The maximum atomic E-state index is 6.17. The Kier molecular flexibility index (Phi) is 2.94.